The molecule has 0 unspecified atom stereocenters. The van der Waals surface area contributed by atoms with Gasteiger partial charge in [0.05, 0.1) is 0 Å². The van der Waals surface area contributed by atoms with E-state index in [-0.39, 0.29) is 0 Å². The van der Waals surface area contributed by atoms with E-state index in [0.29, 0.717) is 6.04 Å². The molecule has 1 aliphatic heterocycles. The number of rotatable bonds is 2. The summed E-state index contributed by atoms with van der Waals surface area (Å²) in [7, 11) is 0. The van der Waals surface area contributed by atoms with Crippen molar-refractivity contribution in [2.45, 2.75) is 32.2 Å². The summed E-state index contributed by atoms with van der Waals surface area (Å²) in [6.45, 7) is 7.07. The van der Waals surface area contributed by atoms with Gasteiger partial charge in [0.2, 0.25) is 0 Å². The number of likely N-dealkylation sites (tertiary alicyclic amines) is 1. The van der Waals surface area contributed by atoms with E-state index in [4.69, 9.17) is 0 Å². The van der Waals surface area contributed by atoms with Gasteiger partial charge in [-0.2, -0.15) is 0 Å². The first-order valence-corrected chi connectivity index (χ1v) is 5.56. The van der Waals surface area contributed by atoms with Crippen LogP contribution in [0.3, 0.4) is 0 Å². The summed E-state index contributed by atoms with van der Waals surface area (Å²) < 4.78 is 0. The fourth-order valence-electron chi connectivity index (χ4n) is 2.25. The van der Waals surface area contributed by atoms with Crippen molar-refractivity contribution in [3.8, 4) is 0 Å². The van der Waals surface area contributed by atoms with E-state index in [1.54, 1.807) is 0 Å². The lowest BCUT2D eigenvalue weighted by Crippen LogP contribution is -2.27. The van der Waals surface area contributed by atoms with Crippen molar-refractivity contribution in [3.63, 3.8) is 0 Å². The predicted octanol–water partition coefficient (Wildman–Crippen LogP) is 2.88. The van der Waals surface area contributed by atoms with Crippen LogP contribution in [0.15, 0.2) is 30.3 Å². The number of benzene rings is 1. The Morgan fingerprint density at radius 3 is 2.50 bits per heavy atom. The second-order valence-corrected chi connectivity index (χ2v) is 4.48. The Morgan fingerprint density at radius 1 is 1.21 bits per heavy atom. The topological polar surface area (TPSA) is 3.24 Å². The summed E-state index contributed by atoms with van der Waals surface area (Å²) in [4.78, 5) is 2.57. The maximum absolute atomic E-state index is 2.57. The van der Waals surface area contributed by atoms with Gasteiger partial charge >= 0.3 is 0 Å². The van der Waals surface area contributed by atoms with Crippen LogP contribution in [0.5, 0.6) is 0 Å². The van der Waals surface area contributed by atoms with Gasteiger partial charge < -0.3 is 4.90 Å². The number of hydrogen-bond donors (Lipinski definition) is 0. The normalized spacial score (nSPS) is 23.2. The highest BCUT2D eigenvalue weighted by atomic mass is 15.2. The first kappa shape index (κ1) is 9.72. The second-order valence-electron chi connectivity index (χ2n) is 4.48. The minimum atomic E-state index is 0.698. The van der Waals surface area contributed by atoms with Crippen LogP contribution in [-0.4, -0.2) is 24.0 Å². The van der Waals surface area contributed by atoms with Crippen molar-refractivity contribution >= 4 is 0 Å². The molecule has 1 aromatic carbocycles. The van der Waals surface area contributed by atoms with Crippen molar-refractivity contribution in [1.29, 1.82) is 0 Å². The number of hydrogen-bond acceptors (Lipinski definition) is 1. The van der Waals surface area contributed by atoms with Crippen molar-refractivity contribution in [2.24, 2.45) is 0 Å². The van der Waals surface area contributed by atoms with Gasteiger partial charge in [0, 0.05) is 12.6 Å². The van der Waals surface area contributed by atoms with Crippen LogP contribution < -0.4 is 0 Å². The van der Waals surface area contributed by atoms with Crippen molar-refractivity contribution in [1.82, 2.24) is 4.90 Å². The van der Waals surface area contributed by atoms with E-state index in [1.807, 2.05) is 0 Å². The zero-order valence-electron chi connectivity index (χ0n) is 9.11. The molecule has 1 heteroatoms. The summed E-state index contributed by atoms with van der Waals surface area (Å²) in [5.74, 6) is 0.763. The third-order valence-corrected chi connectivity index (χ3v) is 3.22. The van der Waals surface area contributed by atoms with Gasteiger partial charge in [-0.3, -0.25) is 0 Å². The third-order valence-electron chi connectivity index (χ3n) is 3.22. The first-order valence-electron chi connectivity index (χ1n) is 5.56. The van der Waals surface area contributed by atoms with Crippen molar-refractivity contribution in [3.05, 3.63) is 35.9 Å². The Labute approximate surface area is 86.7 Å². The fourth-order valence-corrected chi connectivity index (χ4v) is 2.25. The highest BCUT2D eigenvalue weighted by molar-refractivity contribution is 5.21. The molecule has 1 saturated heterocycles. The van der Waals surface area contributed by atoms with E-state index in [9.17, 15) is 0 Å². The van der Waals surface area contributed by atoms with Gasteiger partial charge in [0.25, 0.3) is 0 Å². The van der Waals surface area contributed by atoms with E-state index < -0.39 is 0 Å². The van der Waals surface area contributed by atoms with E-state index >= 15 is 0 Å². The first-order chi connectivity index (χ1) is 6.77. The minimum Gasteiger partial charge on any atom is -0.300 e. The SMILES string of the molecule is CC(C)N1CC[C@H](c2ccccc2)C1. The maximum Gasteiger partial charge on any atom is 0.00535 e. The third kappa shape index (κ3) is 1.98. The average Bonchev–Trinajstić information content (AvgIpc) is 2.68. The van der Waals surface area contributed by atoms with Crippen LogP contribution in [0.25, 0.3) is 0 Å². The van der Waals surface area contributed by atoms with Crippen LogP contribution in [0.4, 0.5) is 0 Å². The average molecular weight is 189 g/mol. The lowest BCUT2D eigenvalue weighted by atomic mass is 9.99. The molecule has 1 aliphatic rings. The minimum absolute atomic E-state index is 0.698. The van der Waals surface area contributed by atoms with Gasteiger partial charge in [-0.15, -0.1) is 0 Å². The van der Waals surface area contributed by atoms with Gasteiger partial charge in [-0.1, -0.05) is 30.3 Å². The molecule has 0 radical (unpaired) electrons. The molecule has 0 bridgehead atoms. The Kier molecular flexibility index (Phi) is 2.87. The van der Waals surface area contributed by atoms with Gasteiger partial charge in [-0.05, 0) is 38.3 Å². The summed E-state index contributed by atoms with van der Waals surface area (Å²) in [6, 6.07) is 11.6. The van der Waals surface area contributed by atoms with Crippen LogP contribution in [0.1, 0.15) is 31.7 Å². The molecule has 14 heavy (non-hydrogen) atoms. The lowest BCUT2D eigenvalue weighted by molar-refractivity contribution is 0.272. The van der Waals surface area contributed by atoms with E-state index in [0.717, 1.165) is 5.92 Å². The van der Waals surface area contributed by atoms with Crippen LogP contribution in [0.2, 0.25) is 0 Å². The van der Waals surface area contributed by atoms with Crippen LogP contribution >= 0.6 is 0 Å². The lowest BCUT2D eigenvalue weighted by Gasteiger charge is -2.20. The largest absolute Gasteiger partial charge is 0.300 e. The molecule has 1 atom stereocenters. The molecule has 0 aliphatic carbocycles. The number of nitrogens with zero attached hydrogens (tertiary/aromatic N) is 1. The van der Waals surface area contributed by atoms with Crippen molar-refractivity contribution < 1.29 is 0 Å². The molecule has 0 saturated carbocycles. The van der Waals surface area contributed by atoms with E-state index in [1.165, 1.54) is 25.1 Å². The Morgan fingerprint density at radius 2 is 1.93 bits per heavy atom. The van der Waals surface area contributed by atoms with Crippen LogP contribution in [-0.2, 0) is 0 Å². The monoisotopic (exact) mass is 189 g/mol. The zero-order valence-corrected chi connectivity index (χ0v) is 9.11. The molecule has 1 heterocycles. The molecule has 1 nitrogen and oxygen atoms in total. The smallest absolute Gasteiger partial charge is 0.00535 e. The molecular formula is C13H19N. The molecule has 1 aromatic rings. The van der Waals surface area contributed by atoms with Gasteiger partial charge in [0.1, 0.15) is 0 Å². The molecule has 1 fully saturated rings. The Balaban J connectivity index is 2.03. The standard InChI is InChI=1S/C13H19N/c1-11(2)14-9-8-13(10-14)12-6-4-3-5-7-12/h3-7,11,13H,8-10H2,1-2H3/t13-/m0/s1. The summed E-state index contributed by atoms with van der Waals surface area (Å²) in [5.41, 5.74) is 1.51. The quantitative estimate of drug-likeness (QED) is 0.691. The summed E-state index contributed by atoms with van der Waals surface area (Å²) >= 11 is 0. The van der Waals surface area contributed by atoms with Crippen LogP contribution in [0, 0.1) is 0 Å². The molecule has 76 valence electrons. The Hall–Kier alpha value is -0.820. The fraction of sp³-hybridized carbons (Fsp3) is 0.538. The predicted molar refractivity (Wildman–Crippen MR) is 60.5 cm³/mol. The highest BCUT2D eigenvalue weighted by Crippen LogP contribution is 2.27. The highest BCUT2D eigenvalue weighted by Gasteiger charge is 2.24. The molecule has 0 spiro atoms. The molecule has 0 amide bonds. The van der Waals surface area contributed by atoms with Gasteiger partial charge in [0.15, 0.2) is 0 Å². The molecule has 0 aromatic heterocycles. The summed E-state index contributed by atoms with van der Waals surface area (Å²) in [5, 5.41) is 0. The van der Waals surface area contributed by atoms with Gasteiger partial charge in [-0.25, -0.2) is 0 Å². The molecule has 2 rings (SSSR count). The van der Waals surface area contributed by atoms with Crippen molar-refractivity contribution in [2.75, 3.05) is 13.1 Å². The van der Waals surface area contributed by atoms with E-state index in [2.05, 4.69) is 49.1 Å². The molecule has 0 N–H and O–H groups in total. The maximum atomic E-state index is 2.57. The summed E-state index contributed by atoms with van der Waals surface area (Å²) in [6.07, 6.45) is 1.32. The second kappa shape index (κ2) is 4.14. The zero-order chi connectivity index (χ0) is 9.97. The Bertz CT molecular complexity index is 279. The molecular weight excluding hydrogens is 170 g/mol.